The Balaban J connectivity index is 1.40. The largest absolute Gasteiger partial charge is 0.314 e. The van der Waals surface area contributed by atoms with Gasteiger partial charge in [-0.3, -0.25) is 0 Å². The first-order valence-electron chi connectivity index (χ1n) is 7.34. The molecule has 0 amide bonds. The third-order valence-corrected chi connectivity index (χ3v) is 4.64. The summed E-state index contributed by atoms with van der Waals surface area (Å²) in [6, 6.07) is 20.1. The molecule has 1 fully saturated rings. The van der Waals surface area contributed by atoms with Crippen LogP contribution in [0, 0.1) is 0 Å². The normalized spacial score (nSPS) is 21.4. The molecule has 1 nitrogen and oxygen atoms in total. The van der Waals surface area contributed by atoms with Crippen LogP contribution in [-0.2, 0) is 6.42 Å². The molecule has 0 aromatic heterocycles. The number of rotatable bonds is 5. The Morgan fingerprint density at radius 2 is 1.80 bits per heavy atom. The van der Waals surface area contributed by atoms with Crippen LogP contribution in [0.1, 0.15) is 29.9 Å². The van der Waals surface area contributed by atoms with E-state index in [4.69, 9.17) is 0 Å². The Hall–Kier alpha value is -1.12. The molecule has 0 unspecified atom stereocenters. The van der Waals surface area contributed by atoms with E-state index in [1.165, 1.54) is 28.4 Å². The summed E-state index contributed by atoms with van der Waals surface area (Å²) in [4.78, 5) is 0. The highest BCUT2D eigenvalue weighted by atomic mass is 79.9. The van der Waals surface area contributed by atoms with Crippen LogP contribution in [0.4, 0.5) is 0 Å². The molecule has 0 spiro atoms. The number of hydrogen-bond donors (Lipinski definition) is 1. The maximum atomic E-state index is 3.67. The van der Waals surface area contributed by atoms with Crippen molar-refractivity contribution in [2.45, 2.75) is 31.2 Å². The highest BCUT2D eigenvalue weighted by Crippen LogP contribution is 2.37. The molecule has 2 aromatic carbocycles. The molecule has 1 saturated carbocycles. The van der Waals surface area contributed by atoms with Gasteiger partial charge in [-0.15, -0.1) is 0 Å². The Bertz CT molecular complexity index is 546. The van der Waals surface area contributed by atoms with Gasteiger partial charge in [0.2, 0.25) is 0 Å². The van der Waals surface area contributed by atoms with Crippen molar-refractivity contribution >= 4 is 15.9 Å². The standard InChI is InChI=1S/C18H20BrN/c19-17-8-4-7-15(11-17)16-12-18(13-16)20-10-9-14-5-2-1-3-6-14/h1-8,11,16,18,20H,9-10,12-13H2. The summed E-state index contributed by atoms with van der Waals surface area (Å²) in [6.07, 6.45) is 3.66. The van der Waals surface area contributed by atoms with Crippen molar-refractivity contribution in [3.8, 4) is 0 Å². The molecular weight excluding hydrogens is 310 g/mol. The lowest BCUT2D eigenvalue weighted by molar-refractivity contribution is 0.293. The lowest BCUT2D eigenvalue weighted by Gasteiger charge is -2.36. The molecule has 20 heavy (non-hydrogen) atoms. The predicted octanol–water partition coefficient (Wildman–Crippen LogP) is 4.53. The van der Waals surface area contributed by atoms with Gasteiger partial charge in [-0.05, 0) is 55.0 Å². The van der Waals surface area contributed by atoms with Crippen LogP contribution in [-0.4, -0.2) is 12.6 Å². The zero-order valence-electron chi connectivity index (χ0n) is 11.6. The summed E-state index contributed by atoms with van der Waals surface area (Å²) in [5.41, 5.74) is 2.89. The van der Waals surface area contributed by atoms with Crippen LogP contribution in [0.25, 0.3) is 0 Å². The van der Waals surface area contributed by atoms with Crippen molar-refractivity contribution in [3.05, 3.63) is 70.2 Å². The van der Waals surface area contributed by atoms with E-state index in [0.717, 1.165) is 18.9 Å². The van der Waals surface area contributed by atoms with Gasteiger partial charge < -0.3 is 5.32 Å². The monoisotopic (exact) mass is 329 g/mol. The SMILES string of the molecule is Brc1cccc(C2CC(NCCc3ccccc3)C2)c1. The van der Waals surface area contributed by atoms with Crippen molar-refractivity contribution in [3.63, 3.8) is 0 Å². The quantitative estimate of drug-likeness (QED) is 0.849. The van der Waals surface area contributed by atoms with E-state index in [9.17, 15) is 0 Å². The number of benzene rings is 2. The summed E-state index contributed by atoms with van der Waals surface area (Å²) in [6.45, 7) is 1.08. The Morgan fingerprint density at radius 3 is 2.55 bits per heavy atom. The first-order chi connectivity index (χ1) is 9.81. The lowest BCUT2D eigenvalue weighted by atomic mass is 9.76. The minimum absolute atomic E-state index is 0.697. The third kappa shape index (κ3) is 3.50. The second-order valence-corrected chi connectivity index (χ2v) is 6.53. The summed E-state index contributed by atoms with van der Waals surface area (Å²) in [5.74, 6) is 0.738. The molecule has 2 heteroatoms. The lowest BCUT2D eigenvalue weighted by Crippen LogP contribution is -2.40. The maximum absolute atomic E-state index is 3.67. The van der Waals surface area contributed by atoms with Crippen LogP contribution >= 0.6 is 15.9 Å². The van der Waals surface area contributed by atoms with Crippen LogP contribution in [0.2, 0.25) is 0 Å². The van der Waals surface area contributed by atoms with E-state index in [-0.39, 0.29) is 0 Å². The van der Waals surface area contributed by atoms with Gasteiger partial charge in [0.05, 0.1) is 0 Å². The Labute approximate surface area is 129 Å². The van der Waals surface area contributed by atoms with E-state index in [1.54, 1.807) is 0 Å². The van der Waals surface area contributed by atoms with E-state index in [0.29, 0.717) is 6.04 Å². The first-order valence-corrected chi connectivity index (χ1v) is 8.13. The molecule has 0 aliphatic heterocycles. The van der Waals surface area contributed by atoms with Gasteiger partial charge in [-0.25, -0.2) is 0 Å². The van der Waals surface area contributed by atoms with Gasteiger partial charge in [0.15, 0.2) is 0 Å². The molecule has 1 N–H and O–H groups in total. The van der Waals surface area contributed by atoms with Crippen molar-refractivity contribution in [1.82, 2.24) is 5.32 Å². The summed E-state index contributed by atoms with van der Waals surface area (Å²) in [5, 5.41) is 3.67. The second kappa shape index (κ2) is 6.55. The van der Waals surface area contributed by atoms with Crippen LogP contribution < -0.4 is 5.32 Å². The highest BCUT2D eigenvalue weighted by Gasteiger charge is 2.29. The van der Waals surface area contributed by atoms with Gasteiger partial charge in [-0.1, -0.05) is 58.4 Å². The van der Waals surface area contributed by atoms with Crippen LogP contribution in [0.5, 0.6) is 0 Å². The average molecular weight is 330 g/mol. The van der Waals surface area contributed by atoms with Gasteiger partial charge >= 0.3 is 0 Å². The molecule has 0 bridgehead atoms. The number of halogens is 1. The summed E-state index contributed by atoms with van der Waals surface area (Å²) in [7, 11) is 0. The van der Waals surface area contributed by atoms with E-state index in [2.05, 4.69) is 75.8 Å². The van der Waals surface area contributed by atoms with Gasteiger partial charge in [-0.2, -0.15) is 0 Å². The predicted molar refractivity (Wildman–Crippen MR) is 88.1 cm³/mol. The van der Waals surface area contributed by atoms with E-state index in [1.807, 2.05) is 0 Å². The van der Waals surface area contributed by atoms with Crippen molar-refractivity contribution in [2.75, 3.05) is 6.54 Å². The molecule has 0 saturated heterocycles. The van der Waals surface area contributed by atoms with Crippen LogP contribution in [0.3, 0.4) is 0 Å². The molecule has 3 rings (SSSR count). The summed E-state index contributed by atoms with van der Waals surface area (Å²) >= 11 is 3.55. The van der Waals surface area contributed by atoms with Crippen LogP contribution in [0.15, 0.2) is 59.1 Å². The highest BCUT2D eigenvalue weighted by molar-refractivity contribution is 9.10. The van der Waals surface area contributed by atoms with Gasteiger partial charge in [0.25, 0.3) is 0 Å². The molecular formula is C18H20BrN. The molecule has 0 radical (unpaired) electrons. The van der Waals surface area contributed by atoms with Crippen molar-refractivity contribution < 1.29 is 0 Å². The van der Waals surface area contributed by atoms with Crippen molar-refractivity contribution in [2.24, 2.45) is 0 Å². The van der Waals surface area contributed by atoms with Crippen molar-refractivity contribution in [1.29, 1.82) is 0 Å². The van der Waals surface area contributed by atoms with E-state index < -0.39 is 0 Å². The van der Waals surface area contributed by atoms with E-state index >= 15 is 0 Å². The molecule has 104 valence electrons. The first kappa shape index (κ1) is 13.8. The number of hydrogen-bond acceptors (Lipinski definition) is 1. The third-order valence-electron chi connectivity index (χ3n) is 4.15. The molecule has 0 heterocycles. The Kier molecular flexibility index (Phi) is 4.54. The second-order valence-electron chi connectivity index (χ2n) is 5.61. The molecule has 0 atom stereocenters. The minimum Gasteiger partial charge on any atom is -0.314 e. The van der Waals surface area contributed by atoms with Gasteiger partial charge in [0, 0.05) is 10.5 Å². The van der Waals surface area contributed by atoms with Gasteiger partial charge in [0.1, 0.15) is 0 Å². The average Bonchev–Trinajstić information content (AvgIpc) is 2.42. The number of nitrogens with one attached hydrogen (secondary N) is 1. The molecule has 1 aliphatic carbocycles. The topological polar surface area (TPSA) is 12.0 Å². The fraction of sp³-hybridized carbons (Fsp3) is 0.333. The summed E-state index contributed by atoms with van der Waals surface area (Å²) < 4.78 is 1.19. The fourth-order valence-electron chi connectivity index (χ4n) is 2.88. The zero-order chi connectivity index (χ0) is 13.8. The molecule has 2 aromatic rings. The Morgan fingerprint density at radius 1 is 1.00 bits per heavy atom. The fourth-order valence-corrected chi connectivity index (χ4v) is 3.30. The smallest absolute Gasteiger partial charge is 0.0178 e. The maximum Gasteiger partial charge on any atom is 0.0178 e. The minimum atomic E-state index is 0.697. The zero-order valence-corrected chi connectivity index (χ0v) is 13.1. The molecule has 1 aliphatic rings.